The third-order valence-corrected chi connectivity index (χ3v) is 3.51. The molecule has 0 spiro atoms. The van der Waals surface area contributed by atoms with Gasteiger partial charge in [0.2, 0.25) is 0 Å². The van der Waals surface area contributed by atoms with E-state index in [4.69, 9.17) is 9.84 Å². The molecule has 2 rings (SSSR count). The Morgan fingerprint density at radius 1 is 1.22 bits per heavy atom. The molecule has 2 amide bonds. The number of amides is 2. The first-order valence-corrected chi connectivity index (χ1v) is 7.47. The highest BCUT2D eigenvalue weighted by atomic mass is 16.6. The van der Waals surface area contributed by atoms with Crippen molar-refractivity contribution in [3.05, 3.63) is 18.0 Å². The molecule has 9 nitrogen and oxygen atoms in total. The molecule has 0 aliphatic carbocycles. The highest BCUT2D eigenvalue weighted by Gasteiger charge is 2.26. The minimum atomic E-state index is -0.913. The molecular formula is C14H20N4O5. The molecule has 0 saturated carbocycles. The van der Waals surface area contributed by atoms with Gasteiger partial charge in [-0.3, -0.25) is 14.3 Å². The van der Waals surface area contributed by atoms with Crippen molar-refractivity contribution in [3.63, 3.8) is 0 Å². The van der Waals surface area contributed by atoms with Gasteiger partial charge in [-0.05, 0) is 13.0 Å². The van der Waals surface area contributed by atoms with E-state index in [-0.39, 0.29) is 30.7 Å². The Bertz CT molecular complexity index is 577. The number of carbonyl (C=O) groups is 3. The number of aliphatic carboxylic acids is 1. The number of aromatic nitrogens is 2. The summed E-state index contributed by atoms with van der Waals surface area (Å²) < 4.78 is 6.37. The van der Waals surface area contributed by atoms with Crippen molar-refractivity contribution in [2.75, 3.05) is 32.8 Å². The number of carboxylic acids is 1. The Morgan fingerprint density at radius 2 is 1.87 bits per heavy atom. The maximum atomic E-state index is 12.4. The summed E-state index contributed by atoms with van der Waals surface area (Å²) >= 11 is 0. The fourth-order valence-electron chi connectivity index (χ4n) is 2.28. The molecule has 0 radical (unpaired) electrons. The second kappa shape index (κ2) is 7.61. The van der Waals surface area contributed by atoms with E-state index in [2.05, 4.69) is 5.10 Å². The molecule has 1 aliphatic heterocycles. The van der Waals surface area contributed by atoms with Gasteiger partial charge in [0.1, 0.15) is 5.69 Å². The topological polar surface area (TPSA) is 105 Å². The summed E-state index contributed by atoms with van der Waals surface area (Å²) in [5, 5.41) is 12.7. The van der Waals surface area contributed by atoms with Crippen LogP contribution in [0.2, 0.25) is 0 Å². The van der Waals surface area contributed by atoms with Crippen molar-refractivity contribution in [1.29, 1.82) is 0 Å². The minimum Gasteiger partial charge on any atom is -0.481 e. The monoisotopic (exact) mass is 324 g/mol. The van der Waals surface area contributed by atoms with Crippen molar-refractivity contribution in [2.24, 2.45) is 0 Å². The Kier molecular flexibility index (Phi) is 5.56. The molecule has 1 aliphatic rings. The first-order valence-electron chi connectivity index (χ1n) is 7.47. The third-order valence-electron chi connectivity index (χ3n) is 3.51. The lowest BCUT2D eigenvalue weighted by Crippen LogP contribution is -2.50. The molecule has 1 fully saturated rings. The summed E-state index contributed by atoms with van der Waals surface area (Å²) in [6.07, 6.45) is 1.18. The number of nitrogens with zero attached hydrogens (tertiary/aromatic N) is 4. The van der Waals surface area contributed by atoms with E-state index < -0.39 is 5.97 Å². The van der Waals surface area contributed by atoms with E-state index in [1.54, 1.807) is 29.0 Å². The van der Waals surface area contributed by atoms with Crippen LogP contribution in [0.1, 0.15) is 23.8 Å². The molecule has 9 heteroatoms. The van der Waals surface area contributed by atoms with Crippen molar-refractivity contribution >= 4 is 18.0 Å². The molecule has 0 atom stereocenters. The van der Waals surface area contributed by atoms with E-state index in [1.165, 1.54) is 4.68 Å². The molecule has 126 valence electrons. The summed E-state index contributed by atoms with van der Waals surface area (Å²) in [4.78, 5) is 37.7. The Morgan fingerprint density at radius 3 is 2.48 bits per heavy atom. The van der Waals surface area contributed by atoms with E-state index >= 15 is 0 Å². The van der Waals surface area contributed by atoms with Gasteiger partial charge in [-0.15, -0.1) is 0 Å². The SMILES string of the molecule is CCOC(=O)N1CCN(C(=O)c2ccn(CCC(=O)O)n2)CC1. The fourth-order valence-corrected chi connectivity index (χ4v) is 2.28. The summed E-state index contributed by atoms with van der Waals surface area (Å²) in [6.45, 7) is 3.97. The predicted octanol–water partition coefficient (Wildman–Crippen LogP) is 0.272. The van der Waals surface area contributed by atoms with Crippen molar-refractivity contribution in [2.45, 2.75) is 19.9 Å². The summed E-state index contributed by atoms with van der Waals surface area (Å²) in [5.74, 6) is -1.13. The van der Waals surface area contributed by atoms with Crippen LogP contribution in [0, 0.1) is 0 Å². The molecule has 1 aromatic heterocycles. The molecule has 1 N–H and O–H groups in total. The first-order chi connectivity index (χ1) is 11.0. The van der Waals surface area contributed by atoms with E-state index in [0.29, 0.717) is 32.8 Å². The normalized spacial score (nSPS) is 14.7. The van der Waals surface area contributed by atoms with Gasteiger partial charge in [0, 0.05) is 32.4 Å². The highest BCUT2D eigenvalue weighted by Crippen LogP contribution is 2.08. The molecule has 23 heavy (non-hydrogen) atoms. The zero-order chi connectivity index (χ0) is 16.8. The van der Waals surface area contributed by atoms with Gasteiger partial charge >= 0.3 is 12.1 Å². The van der Waals surface area contributed by atoms with Gasteiger partial charge in [-0.25, -0.2) is 4.79 Å². The summed E-state index contributed by atoms with van der Waals surface area (Å²) in [7, 11) is 0. The number of aryl methyl sites for hydroxylation is 1. The summed E-state index contributed by atoms with van der Waals surface area (Å²) in [6, 6.07) is 1.57. The lowest BCUT2D eigenvalue weighted by Gasteiger charge is -2.33. The molecule has 2 heterocycles. The zero-order valence-electron chi connectivity index (χ0n) is 13.0. The Balaban J connectivity index is 1.87. The maximum absolute atomic E-state index is 12.4. The number of hydrogen-bond acceptors (Lipinski definition) is 5. The van der Waals surface area contributed by atoms with Crippen LogP contribution in [-0.4, -0.2) is 75.4 Å². The first kappa shape index (κ1) is 16.8. The maximum Gasteiger partial charge on any atom is 0.409 e. The number of carboxylic acid groups (broad SMARTS) is 1. The van der Waals surface area contributed by atoms with Crippen LogP contribution in [0.5, 0.6) is 0 Å². The highest BCUT2D eigenvalue weighted by molar-refractivity contribution is 5.92. The largest absolute Gasteiger partial charge is 0.481 e. The van der Waals surface area contributed by atoms with Crippen LogP contribution in [0.25, 0.3) is 0 Å². The van der Waals surface area contributed by atoms with Crippen LogP contribution < -0.4 is 0 Å². The number of ether oxygens (including phenoxy) is 1. The second-order valence-electron chi connectivity index (χ2n) is 5.09. The van der Waals surface area contributed by atoms with E-state index in [1.807, 2.05) is 0 Å². The third kappa shape index (κ3) is 4.44. The van der Waals surface area contributed by atoms with E-state index in [9.17, 15) is 14.4 Å². The van der Waals surface area contributed by atoms with Crippen LogP contribution in [0.3, 0.4) is 0 Å². The quantitative estimate of drug-likeness (QED) is 0.833. The van der Waals surface area contributed by atoms with Crippen LogP contribution in [-0.2, 0) is 16.1 Å². The zero-order valence-corrected chi connectivity index (χ0v) is 13.0. The lowest BCUT2D eigenvalue weighted by atomic mass is 10.3. The van der Waals surface area contributed by atoms with Gasteiger partial charge in [-0.2, -0.15) is 5.10 Å². The minimum absolute atomic E-state index is 0.0481. The van der Waals surface area contributed by atoms with Crippen LogP contribution in [0.15, 0.2) is 12.3 Å². The Labute approximate surface area is 133 Å². The van der Waals surface area contributed by atoms with Gasteiger partial charge < -0.3 is 19.6 Å². The molecular weight excluding hydrogens is 304 g/mol. The molecule has 0 unspecified atom stereocenters. The molecule has 1 aromatic rings. The number of piperazine rings is 1. The van der Waals surface area contributed by atoms with Gasteiger partial charge in [0.05, 0.1) is 19.6 Å². The van der Waals surface area contributed by atoms with Crippen molar-refractivity contribution in [1.82, 2.24) is 19.6 Å². The smallest absolute Gasteiger partial charge is 0.409 e. The standard InChI is InChI=1S/C14H20N4O5/c1-2-23-14(22)17-9-7-16(8-10-17)13(21)11-3-5-18(15-11)6-4-12(19)20/h3,5H,2,4,6-10H2,1H3,(H,19,20). The number of carbonyl (C=O) groups excluding carboxylic acids is 2. The average molecular weight is 324 g/mol. The summed E-state index contributed by atoms with van der Waals surface area (Å²) in [5.41, 5.74) is 0.278. The van der Waals surface area contributed by atoms with Gasteiger partial charge in [0.25, 0.3) is 5.91 Å². The van der Waals surface area contributed by atoms with Crippen LogP contribution in [0.4, 0.5) is 4.79 Å². The van der Waals surface area contributed by atoms with Crippen molar-refractivity contribution in [3.8, 4) is 0 Å². The van der Waals surface area contributed by atoms with Crippen LogP contribution >= 0.6 is 0 Å². The predicted molar refractivity (Wildman–Crippen MR) is 79.0 cm³/mol. The number of rotatable bonds is 5. The Hall–Kier alpha value is -2.58. The van der Waals surface area contributed by atoms with Gasteiger partial charge in [-0.1, -0.05) is 0 Å². The second-order valence-corrected chi connectivity index (χ2v) is 5.09. The number of hydrogen-bond donors (Lipinski definition) is 1. The van der Waals surface area contributed by atoms with Crippen molar-refractivity contribution < 1.29 is 24.2 Å². The molecule has 0 aromatic carbocycles. The fraction of sp³-hybridized carbons (Fsp3) is 0.571. The molecule has 0 bridgehead atoms. The molecule has 1 saturated heterocycles. The van der Waals surface area contributed by atoms with Gasteiger partial charge in [0.15, 0.2) is 0 Å². The lowest BCUT2D eigenvalue weighted by molar-refractivity contribution is -0.137. The van der Waals surface area contributed by atoms with E-state index in [0.717, 1.165) is 0 Å². The average Bonchev–Trinajstić information content (AvgIpc) is 3.01.